The molecule has 0 spiro atoms. The van der Waals surface area contributed by atoms with E-state index in [2.05, 4.69) is 9.97 Å². The van der Waals surface area contributed by atoms with Crippen LogP contribution in [-0.4, -0.2) is 70.6 Å². The number of aliphatic hydroxyl groups excluding tert-OH is 1. The van der Waals surface area contributed by atoms with E-state index in [-0.39, 0.29) is 69.0 Å². The number of hydrogen-bond acceptors (Lipinski definition) is 9. The topological polar surface area (TPSA) is 112 Å². The van der Waals surface area contributed by atoms with Crippen molar-refractivity contribution in [3.63, 3.8) is 0 Å². The van der Waals surface area contributed by atoms with Gasteiger partial charge >= 0.3 is 12.2 Å². The first-order chi connectivity index (χ1) is 22.3. The van der Waals surface area contributed by atoms with E-state index in [1.807, 2.05) is 11.0 Å². The van der Waals surface area contributed by atoms with E-state index in [0.29, 0.717) is 43.6 Å². The van der Waals surface area contributed by atoms with Gasteiger partial charge in [-0.15, -0.1) is 11.3 Å². The molecule has 15 heteroatoms. The zero-order valence-corrected chi connectivity index (χ0v) is 26.0. The number of benzene rings is 2. The first kappa shape index (κ1) is 31.7. The lowest BCUT2D eigenvalue weighted by molar-refractivity contribution is -0.137. The Kier molecular flexibility index (Phi) is 7.68. The quantitative estimate of drug-likeness (QED) is 0.221. The fraction of sp³-hybridized carbons (Fsp3) is 0.469. The van der Waals surface area contributed by atoms with Crippen molar-refractivity contribution in [3.05, 3.63) is 41.0 Å². The maximum Gasteiger partial charge on any atom is 0.417 e. The van der Waals surface area contributed by atoms with Gasteiger partial charge in [-0.2, -0.15) is 28.4 Å². The van der Waals surface area contributed by atoms with Crippen LogP contribution in [0.4, 0.5) is 37.2 Å². The third kappa shape index (κ3) is 5.21. The summed E-state index contributed by atoms with van der Waals surface area (Å²) >= 11 is 0.684. The van der Waals surface area contributed by atoms with Crippen LogP contribution in [0.3, 0.4) is 0 Å². The zero-order valence-electron chi connectivity index (χ0n) is 25.2. The second kappa shape index (κ2) is 11.4. The number of aliphatic hydroxyl groups is 1. The van der Waals surface area contributed by atoms with Gasteiger partial charge in [-0.05, 0) is 56.3 Å². The number of halogens is 6. The van der Waals surface area contributed by atoms with Crippen molar-refractivity contribution in [2.45, 2.75) is 68.6 Å². The molecule has 4 heterocycles. The highest BCUT2D eigenvalue weighted by atomic mass is 32.1. The monoisotopic (exact) mass is 676 g/mol. The molecule has 8 nitrogen and oxygen atoms in total. The van der Waals surface area contributed by atoms with E-state index < -0.39 is 52.3 Å². The Morgan fingerprint density at radius 1 is 1.26 bits per heavy atom. The summed E-state index contributed by atoms with van der Waals surface area (Å²) in [6, 6.07) is 3.86. The number of thiophene rings is 1. The minimum atomic E-state index is -5.09. The minimum Gasteiger partial charge on any atom is -0.461 e. The summed E-state index contributed by atoms with van der Waals surface area (Å²) in [6.45, 7) is 0.960. The lowest BCUT2D eigenvalue weighted by atomic mass is 9.92. The number of aromatic nitrogens is 2. The van der Waals surface area contributed by atoms with Crippen LogP contribution in [-0.2, 0) is 6.18 Å². The third-order valence-electron chi connectivity index (χ3n) is 9.88. The lowest BCUT2D eigenvalue weighted by Crippen LogP contribution is -2.43. The van der Waals surface area contributed by atoms with Crippen LogP contribution >= 0.6 is 11.3 Å². The van der Waals surface area contributed by atoms with Crippen LogP contribution in [0.25, 0.3) is 32.1 Å². The Labute approximate surface area is 269 Å². The first-order valence-corrected chi connectivity index (χ1v) is 16.1. The van der Waals surface area contributed by atoms with Gasteiger partial charge in [0.15, 0.2) is 5.82 Å². The molecular formula is C32H30F6N6O2S. The number of fused-ring (bicyclic) bond motifs is 3. The normalized spacial score (nSPS) is 24.7. The molecular weight excluding hydrogens is 646 g/mol. The number of ether oxygens (including phenoxy) is 1. The molecule has 0 radical (unpaired) electrons. The molecule has 2 aromatic heterocycles. The fourth-order valence-electron chi connectivity index (χ4n) is 7.63. The summed E-state index contributed by atoms with van der Waals surface area (Å²) in [5, 5.41) is 19.4. The van der Waals surface area contributed by atoms with E-state index in [0.717, 1.165) is 24.6 Å². The van der Waals surface area contributed by atoms with Crippen molar-refractivity contribution < 1.29 is 36.2 Å². The number of nitrogens with zero attached hydrogens (tertiary/aromatic N) is 5. The van der Waals surface area contributed by atoms with Gasteiger partial charge < -0.3 is 20.5 Å². The van der Waals surface area contributed by atoms with Crippen LogP contribution in [0.5, 0.6) is 6.01 Å². The van der Waals surface area contributed by atoms with E-state index in [1.165, 1.54) is 0 Å². The van der Waals surface area contributed by atoms with Crippen LogP contribution in [0.2, 0.25) is 0 Å². The average molecular weight is 677 g/mol. The van der Waals surface area contributed by atoms with Crippen LogP contribution in [0, 0.1) is 23.0 Å². The molecule has 47 heavy (non-hydrogen) atoms. The van der Waals surface area contributed by atoms with Gasteiger partial charge in [-0.25, -0.2) is 13.2 Å². The van der Waals surface area contributed by atoms with Gasteiger partial charge in [-0.1, -0.05) is 6.07 Å². The number of nitrogens with two attached hydrogens (primary N) is 1. The zero-order chi connectivity index (χ0) is 33.4. The van der Waals surface area contributed by atoms with Gasteiger partial charge in [0.2, 0.25) is 0 Å². The van der Waals surface area contributed by atoms with E-state index >= 15 is 4.39 Å². The average Bonchev–Trinajstić information content (AvgIpc) is 3.77. The Morgan fingerprint density at radius 3 is 2.74 bits per heavy atom. The maximum absolute atomic E-state index is 16.9. The summed E-state index contributed by atoms with van der Waals surface area (Å²) in [5.41, 5.74) is 1.93. The number of nitriles is 1. The van der Waals surface area contributed by atoms with E-state index in [9.17, 15) is 32.3 Å². The van der Waals surface area contributed by atoms with Crippen molar-refractivity contribution in [1.29, 1.82) is 5.26 Å². The molecule has 1 aliphatic carbocycles. The number of nitrogen functional groups attached to an aromatic ring is 1. The molecule has 2 saturated heterocycles. The molecule has 0 bridgehead atoms. The summed E-state index contributed by atoms with van der Waals surface area (Å²) in [5.74, 6) is -2.22. The minimum absolute atomic E-state index is 0.00235. The fourth-order valence-corrected chi connectivity index (χ4v) is 8.58. The highest BCUT2D eigenvalue weighted by Gasteiger charge is 2.49. The SMILES string of the molecule is CN(c1nc(OCC23CCCN2CC(F)C3)nc2c(F)c(-c3ccc(F)c4sc(N)c(C#N)c34)c(C(F)(F)F)cc12)C1CCC(O)C1. The van der Waals surface area contributed by atoms with Crippen LogP contribution in [0.15, 0.2) is 18.2 Å². The van der Waals surface area contributed by atoms with E-state index in [4.69, 9.17) is 10.5 Å². The van der Waals surface area contributed by atoms with Gasteiger partial charge in [0.05, 0.1) is 27.5 Å². The highest BCUT2D eigenvalue weighted by Crippen LogP contribution is 2.48. The smallest absolute Gasteiger partial charge is 0.417 e. The number of alkyl halides is 4. The molecule has 4 unspecified atom stereocenters. The molecule has 1 saturated carbocycles. The number of rotatable bonds is 6. The Balaban J connectivity index is 1.45. The van der Waals surface area contributed by atoms with E-state index in [1.54, 1.807) is 11.9 Å². The van der Waals surface area contributed by atoms with Crippen molar-refractivity contribution in [1.82, 2.24) is 14.9 Å². The molecule has 3 fully saturated rings. The largest absolute Gasteiger partial charge is 0.461 e. The first-order valence-electron chi connectivity index (χ1n) is 15.3. The third-order valence-corrected chi connectivity index (χ3v) is 10.9. The predicted octanol–water partition coefficient (Wildman–Crippen LogP) is 6.57. The lowest BCUT2D eigenvalue weighted by Gasteiger charge is -2.31. The highest BCUT2D eigenvalue weighted by molar-refractivity contribution is 7.23. The van der Waals surface area contributed by atoms with Gasteiger partial charge in [0.25, 0.3) is 0 Å². The molecule has 7 rings (SSSR count). The molecule has 4 aromatic rings. The Hall–Kier alpha value is -3.87. The molecule has 0 amide bonds. The van der Waals surface area contributed by atoms with Crippen molar-refractivity contribution in [3.8, 4) is 23.2 Å². The number of hydrogen-bond donors (Lipinski definition) is 2. The van der Waals surface area contributed by atoms with Crippen molar-refractivity contribution >= 4 is 43.1 Å². The van der Waals surface area contributed by atoms with Gasteiger partial charge in [0.1, 0.15) is 41.0 Å². The van der Waals surface area contributed by atoms with Gasteiger partial charge in [0, 0.05) is 42.4 Å². The van der Waals surface area contributed by atoms with Crippen LogP contribution in [0.1, 0.15) is 49.7 Å². The van der Waals surface area contributed by atoms with Crippen LogP contribution < -0.4 is 15.4 Å². The Bertz CT molecular complexity index is 1950. The van der Waals surface area contributed by atoms with Gasteiger partial charge in [-0.3, -0.25) is 4.90 Å². The summed E-state index contributed by atoms with van der Waals surface area (Å²) in [7, 11) is 1.60. The standard InChI is InChI=1S/C32H30F6N6O2S/c1-43(16-3-4-17(45)9-16)29-19-10-21(32(36,37)38)24(18-5-6-22(34)27-23(18)20(12-39)28(40)47-27)25(35)26(19)41-30(42-29)46-14-31-7-2-8-44(31)13-15(33)11-31/h5-6,10,15-17,45H,2-4,7-9,11,13-14,40H2,1H3. The maximum atomic E-state index is 16.9. The van der Waals surface area contributed by atoms with Crippen molar-refractivity contribution in [2.24, 2.45) is 0 Å². The second-order valence-electron chi connectivity index (χ2n) is 12.7. The molecule has 2 aliphatic heterocycles. The second-order valence-corrected chi connectivity index (χ2v) is 13.7. The predicted molar refractivity (Wildman–Crippen MR) is 165 cm³/mol. The summed E-state index contributed by atoms with van der Waals surface area (Å²) in [4.78, 5) is 12.4. The molecule has 3 aliphatic rings. The molecule has 2 aromatic carbocycles. The molecule has 4 atom stereocenters. The Morgan fingerprint density at radius 2 is 2.04 bits per heavy atom. The molecule has 3 N–H and O–H groups in total. The number of anilines is 2. The molecule has 248 valence electrons. The summed E-state index contributed by atoms with van der Waals surface area (Å²) < 4.78 is 96.6. The van der Waals surface area contributed by atoms with Crippen molar-refractivity contribution in [2.75, 3.05) is 37.4 Å². The summed E-state index contributed by atoms with van der Waals surface area (Å²) in [6.07, 6.45) is -3.67.